The minimum atomic E-state index is -4.41. The molecule has 0 saturated heterocycles. The summed E-state index contributed by atoms with van der Waals surface area (Å²) in [6.07, 6.45) is -2.73. The Hall–Kier alpha value is -1.78. The molecule has 0 aromatic heterocycles. The Morgan fingerprint density at radius 2 is 1.75 bits per heavy atom. The van der Waals surface area contributed by atoms with Gasteiger partial charge in [-0.2, -0.15) is 13.2 Å². The molecule has 9 heteroatoms. The van der Waals surface area contributed by atoms with Crippen molar-refractivity contribution in [3.63, 3.8) is 0 Å². The molecule has 0 heterocycles. The second-order valence-corrected chi connectivity index (χ2v) is 4.50. The van der Waals surface area contributed by atoms with Gasteiger partial charge in [-0.25, -0.2) is 0 Å². The van der Waals surface area contributed by atoms with Crippen molar-refractivity contribution in [3.05, 3.63) is 48.0 Å². The topological polar surface area (TPSA) is 65.5 Å². The fourth-order valence-corrected chi connectivity index (χ4v) is 1.66. The summed E-state index contributed by atoms with van der Waals surface area (Å²) in [6.45, 7) is 4.84. The quantitative estimate of drug-likeness (QED) is 0.203. The molecule has 0 saturated carbocycles. The Kier molecular flexibility index (Phi) is 10.1. The number of guanidine groups is 1. The summed E-state index contributed by atoms with van der Waals surface area (Å²) in [7, 11) is 1.61. The molecular formula is C15H20F3IN4O. The molecule has 5 nitrogen and oxygen atoms in total. The van der Waals surface area contributed by atoms with E-state index in [4.69, 9.17) is 0 Å². The summed E-state index contributed by atoms with van der Waals surface area (Å²) in [5.74, 6) is 0.128. The van der Waals surface area contributed by atoms with Crippen LogP contribution in [0.5, 0.6) is 0 Å². The molecule has 3 N–H and O–H groups in total. The largest absolute Gasteiger partial charge is 0.416 e. The Bertz CT molecular complexity index is 559. The fraction of sp³-hybridized carbons (Fsp3) is 0.333. The zero-order valence-electron chi connectivity index (χ0n) is 13.1. The van der Waals surface area contributed by atoms with E-state index >= 15 is 0 Å². The minimum absolute atomic E-state index is 0. The maximum atomic E-state index is 12.4. The average molecular weight is 456 g/mol. The van der Waals surface area contributed by atoms with Gasteiger partial charge in [-0.05, 0) is 24.3 Å². The molecular weight excluding hydrogens is 436 g/mol. The maximum absolute atomic E-state index is 12.4. The number of hydrogen-bond acceptors (Lipinski definition) is 2. The van der Waals surface area contributed by atoms with Crippen LogP contribution in [0.4, 0.5) is 13.2 Å². The molecule has 0 aliphatic rings. The van der Waals surface area contributed by atoms with Gasteiger partial charge in [0.1, 0.15) is 0 Å². The second-order valence-electron chi connectivity index (χ2n) is 4.50. The van der Waals surface area contributed by atoms with Crippen LogP contribution in [0.3, 0.4) is 0 Å². The summed E-state index contributed by atoms with van der Waals surface area (Å²) in [6, 6.07) is 4.06. The van der Waals surface area contributed by atoms with Crippen LogP contribution >= 0.6 is 24.0 Å². The number of carbonyl (C=O) groups is 1. The fourth-order valence-electron chi connectivity index (χ4n) is 1.66. The first-order valence-corrected chi connectivity index (χ1v) is 6.89. The molecule has 1 amide bonds. The number of aliphatic imine (C=N–C) groups is 1. The van der Waals surface area contributed by atoms with Gasteiger partial charge in [0.15, 0.2) is 5.96 Å². The highest BCUT2D eigenvalue weighted by Gasteiger charge is 2.30. The van der Waals surface area contributed by atoms with Crippen molar-refractivity contribution in [2.24, 2.45) is 4.99 Å². The Labute approximate surface area is 155 Å². The van der Waals surface area contributed by atoms with Crippen LogP contribution in [-0.2, 0) is 6.18 Å². The lowest BCUT2D eigenvalue weighted by Gasteiger charge is -2.11. The third-order valence-electron chi connectivity index (χ3n) is 2.81. The van der Waals surface area contributed by atoms with Crippen LogP contribution in [0.25, 0.3) is 0 Å². The van der Waals surface area contributed by atoms with Gasteiger partial charge < -0.3 is 16.0 Å². The lowest BCUT2D eigenvalue weighted by atomic mass is 10.1. The molecule has 0 atom stereocenters. The summed E-state index contributed by atoms with van der Waals surface area (Å²) in [5, 5.41) is 8.54. The van der Waals surface area contributed by atoms with Crippen LogP contribution in [0.1, 0.15) is 15.9 Å². The smallest absolute Gasteiger partial charge is 0.355 e. The van der Waals surface area contributed by atoms with Crippen molar-refractivity contribution in [1.82, 2.24) is 16.0 Å². The van der Waals surface area contributed by atoms with E-state index in [9.17, 15) is 18.0 Å². The van der Waals surface area contributed by atoms with Gasteiger partial charge >= 0.3 is 6.18 Å². The predicted molar refractivity (Wildman–Crippen MR) is 98.8 cm³/mol. The average Bonchev–Trinajstić information content (AvgIpc) is 2.53. The molecule has 24 heavy (non-hydrogen) atoms. The third-order valence-corrected chi connectivity index (χ3v) is 2.81. The Morgan fingerprint density at radius 1 is 1.17 bits per heavy atom. The molecule has 1 aromatic carbocycles. The van der Waals surface area contributed by atoms with Crippen LogP contribution in [0.2, 0.25) is 0 Å². The Morgan fingerprint density at radius 3 is 2.25 bits per heavy atom. The van der Waals surface area contributed by atoms with Crippen LogP contribution in [0, 0.1) is 0 Å². The van der Waals surface area contributed by atoms with Crippen molar-refractivity contribution in [2.75, 3.05) is 26.7 Å². The number of benzene rings is 1. The zero-order valence-corrected chi connectivity index (χ0v) is 15.4. The van der Waals surface area contributed by atoms with E-state index in [1.165, 1.54) is 0 Å². The predicted octanol–water partition coefficient (Wildman–Crippen LogP) is 2.40. The zero-order chi connectivity index (χ0) is 17.3. The first-order valence-electron chi connectivity index (χ1n) is 6.89. The normalized spacial score (nSPS) is 11.2. The minimum Gasteiger partial charge on any atom is -0.355 e. The SMILES string of the molecule is C=CCNC(=NC)NCCNC(=O)c1ccc(C(F)(F)F)cc1.I. The van der Waals surface area contributed by atoms with E-state index in [-0.39, 0.29) is 29.5 Å². The van der Waals surface area contributed by atoms with Gasteiger partial charge in [-0.15, -0.1) is 30.6 Å². The molecule has 134 valence electrons. The van der Waals surface area contributed by atoms with Crippen molar-refractivity contribution in [3.8, 4) is 0 Å². The van der Waals surface area contributed by atoms with Crippen LogP contribution in [-0.4, -0.2) is 38.5 Å². The number of amides is 1. The summed E-state index contributed by atoms with van der Waals surface area (Å²) >= 11 is 0. The molecule has 0 aliphatic heterocycles. The second kappa shape index (κ2) is 10.9. The monoisotopic (exact) mass is 456 g/mol. The summed E-state index contributed by atoms with van der Waals surface area (Å²) in [4.78, 5) is 15.8. The molecule has 0 fully saturated rings. The highest BCUT2D eigenvalue weighted by atomic mass is 127. The number of alkyl halides is 3. The molecule has 0 bridgehead atoms. The van der Waals surface area contributed by atoms with Crippen LogP contribution < -0.4 is 16.0 Å². The van der Waals surface area contributed by atoms with E-state index in [0.29, 0.717) is 25.6 Å². The molecule has 1 rings (SSSR count). The lowest BCUT2D eigenvalue weighted by Crippen LogP contribution is -2.41. The van der Waals surface area contributed by atoms with Gasteiger partial charge in [-0.3, -0.25) is 9.79 Å². The van der Waals surface area contributed by atoms with Crippen molar-refractivity contribution >= 4 is 35.8 Å². The number of halogens is 4. The first-order chi connectivity index (χ1) is 10.9. The van der Waals surface area contributed by atoms with E-state index in [0.717, 1.165) is 24.3 Å². The molecule has 0 unspecified atom stereocenters. The number of hydrogen-bond donors (Lipinski definition) is 3. The third kappa shape index (κ3) is 7.66. The first kappa shape index (κ1) is 22.2. The van der Waals surface area contributed by atoms with Crippen molar-refractivity contribution in [1.29, 1.82) is 0 Å². The van der Waals surface area contributed by atoms with E-state index < -0.39 is 17.6 Å². The van der Waals surface area contributed by atoms with E-state index in [2.05, 4.69) is 27.5 Å². The number of nitrogens with one attached hydrogen (secondary N) is 3. The number of rotatable bonds is 6. The Balaban J connectivity index is 0.00000529. The molecule has 1 aromatic rings. The maximum Gasteiger partial charge on any atom is 0.416 e. The van der Waals surface area contributed by atoms with Gasteiger partial charge in [-0.1, -0.05) is 6.08 Å². The molecule has 0 spiro atoms. The molecule has 0 radical (unpaired) electrons. The van der Waals surface area contributed by atoms with Gasteiger partial charge in [0, 0.05) is 32.2 Å². The summed E-state index contributed by atoms with van der Waals surface area (Å²) < 4.78 is 37.3. The van der Waals surface area contributed by atoms with E-state index in [1.807, 2.05) is 0 Å². The number of carbonyl (C=O) groups excluding carboxylic acids is 1. The highest BCUT2D eigenvalue weighted by molar-refractivity contribution is 14.0. The van der Waals surface area contributed by atoms with E-state index in [1.54, 1.807) is 13.1 Å². The standard InChI is InChI=1S/C15H19F3N4O.HI/c1-3-8-21-14(19-2)22-10-9-20-13(23)11-4-6-12(7-5-11)15(16,17)18;/h3-7H,1,8-10H2,2H3,(H,20,23)(H2,19,21,22);1H. The van der Waals surface area contributed by atoms with Gasteiger partial charge in [0.05, 0.1) is 5.56 Å². The van der Waals surface area contributed by atoms with Gasteiger partial charge in [0.2, 0.25) is 0 Å². The van der Waals surface area contributed by atoms with Crippen molar-refractivity contribution in [2.45, 2.75) is 6.18 Å². The van der Waals surface area contributed by atoms with Crippen LogP contribution in [0.15, 0.2) is 41.9 Å². The summed E-state index contributed by atoms with van der Waals surface area (Å²) in [5.41, 5.74) is -0.611. The lowest BCUT2D eigenvalue weighted by molar-refractivity contribution is -0.137. The highest BCUT2D eigenvalue weighted by Crippen LogP contribution is 2.28. The number of nitrogens with zero attached hydrogens (tertiary/aromatic N) is 1. The molecule has 0 aliphatic carbocycles. The van der Waals surface area contributed by atoms with Gasteiger partial charge in [0.25, 0.3) is 5.91 Å². The van der Waals surface area contributed by atoms with Crippen molar-refractivity contribution < 1.29 is 18.0 Å².